The summed E-state index contributed by atoms with van der Waals surface area (Å²) in [6.45, 7) is 4.24. The topological polar surface area (TPSA) is 55.6 Å². The molecule has 0 saturated carbocycles. The minimum atomic E-state index is 0.653. The maximum atomic E-state index is 4.45. The molecule has 5 heteroatoms. The molecule has 0 aliphatic carbocycles. The standard InChI is InChI=1S/C13H17N5/c1-10-3-2-4-12(7-10)18-16-13(15-17-18)8-11-5-6-14-9-11/h2-4,7,11,14H,5-6,8-9H2,1H3. The molecule has 0 amide bonds. The third-order valence-corrected chi connectivity index (χ3v) is 3.32. The molecule has 0 bridgehead atoms. The molecule has 5 nitrogen and oxygen atoms in total. The summed E-state index contributed by atoms with van der Waals surface area (Å²) in [6.07, 6.45) is 2.12. The molecular weight excluding hydrogens is 226 g/mol. The Bertz CT molecular complexity index is 528. The van der Waals surface area contributed by atoms with E-state index < -0.39 is 0 Å². The second kappa shape index (κ2) is 4.86. The van der Waals surface area contributed by atoms with Crippen LogP contribution >= 0.6 is 0 Å². The van der Waals surface area contributed by atoms with Gasteiger partial charge in [0.25, 0.3) is 0 Å². The fourth-order valence-electron chi connectivity index (χ4n) is 2.33. The third kappa shape index (κ3) is 2.41. The molecule has 94 valence electrons. The van der Waals surface area contributed by atoms with Crippen LogP contribution in [0.4, 0.5) is 0 Å². The van der Waals surface area contributed by atoms with Gasteiger partial charge in [0.15, 0.2) is 5.82 Å². The van der Waals surface area contributed by atoms with E-state index in [0.29, 0.717) is 5.92 Å². The van der Waals surface area contributed by atoms with Gasteiger partial charge in [-0.25, -0.2) is 0 Å². The summed E-state index contributed by atoms with van der Waals surface area (Å²) in [5.41, 5.74) is 2.17. The fourth-order valence-corrected chi connectivity index (χ4v) is 2.33. The first-order chi connectivity index (χ1) is 8.81. The van der Waals surface area contributed by atoms with Crippen molar-refractivity contribution in [3.63, 3.8) is 0 Å². The Balaban J connectivity index is 1.76. The average molecular weight is 243 g/mol. The van der Waals surface area contributed by atoms with E-state index in [-0.39, 0.29) is 0 Å². The van der Waals surface area contributed by atoms with Crippen molar-refractivity contribution in [1.29, 1.82) is 0 Å². The summed E-state index contributed by atoms with van der Waals surface area (Å²) >= 11 is 0. The first-order valence-corrected chi connectivity index (χ1v) is 6.38. The molecule has 1 N–H and O–H groups in total. The van der Waals surface area contributed by atoms with Crippen molar-refractivity contribution >= 4 is 0 Å². The first kappa shape index (κ1) is 11.3. The molecule has 1 aromatic heterocycles. The van der Waals surface area contributed by atoms with Crippen LogP contribution in [0.3, 0.4) is 0 Å². The number of rotatable bonds is 3. The van der Waals surface area contributed by atoms with Crippen LogP contribution in [0.5, 0.6) is 0 Å². The van der Waals surface area contributed by atoms with Crippen molar-refractivity contribution in [1.82, 2.24) is 25.5 Å². The number of hydrogen-bond acceptors (Lipinski definition) is 4. The second-order valence-corrected chi connectivity index (χ2v) is 4.90. The van der Waals surface area contributed by atoms with Crippen LogP contribution in [0, 0.1) is 12.8 Å². The quantitative estimate of drug-likeness (QED) is 0.877. The highest BCUT2D eigenvalue weighted by molar-refractivity contribution is 5.32. The minimum Gasteiger partial charge on any atom is -0.316 e. The van der Waals surface area contributed by atoms with Gasteiger partial charge in [-0.3, -0.25) is 0 Å². The smallest absolute Gasteiger partial charge is 0.175 e. The van der Waals surface area contributed by atoms with Gasteiger partial charge in [0, 0.05) is 6.42 Å². The molecule has 0 radical (unpaired) electrons. The predicted molar refractivity (Wildman–Crippen MR) is 68.6 cm³/mol. The number of nitrogens with one attached hydrogen (secondary N) is 1. The van der Waals surface area contributed by atoms with Crippen molar-refractivity contribution < 1.29 is 0 Å². The molecule has 0 spiro atoms. The molecule has 1 atom stereocenters. The molecule has 1 unspecified atom stereocenters. The van der Waals surface area contributed by atoms with E-state index in [9.17, 15) is 0 Å². The lowest BCUT2D eigenvalue weighted by atomic mass is 10.1. The van der Waals surface area contributed by atoms with Crippen molar-refractivity contribution in [3.05, 3.63) is 35.7 Å². The van der Waals surface area contributed by atoms with Crippen molar-refractivity contribution in [2.75, 3.05) is 13.1 Å². The van der Waals surface area contributed by atoms with Crippen LogP contribution in [0.15, 0.2) is 24.3 Å². The van der Waals surface area contributed by atoms with Gasteiger partial charge >= 0.3 is 0 Å². The Morgan fingerprint density at radius 1 is 1.44 bits per heavy atom. The Morgan fingerprint density at radius 2 is 2.39 bits per heavy atom. The fraction of sp³-hybridized carbons (Fsp3) is 0.462. The van der Waals surface area contributed by atoms with Crippen molar-refractivity contribution in [3.8, 4) is 5.69 Å². The van der Waals surface area contributed by atoms with Crippen LogP contribution in [0.25, 0.3) is 5.69 Å². The lowest BCUT2D eigenvalue weighted by molar-refractivity contribution is 0.560. The number of hydrogen-bond donors (Lipinski definition) is 1. The Morgan fingerprint density at radius 3 is 3.17 bits per heavy atom. The molecule has 1 saturated heterocycles. The zero-order valence-corrected chi connectivity index (χ0v) is 10.5. The number of nitrogens with zero attached hydrogens (tertiary/aromatic N) is 4. The maximum Gasteiger partial charge on any atom is 0.175 e. The molecule has 1 aliphatic rings. The summed E-state index contributed by atoms with van der Waals surface area (Å²) in [4.78, 5) is 1.62. The minimum absolute atomic E-state index is 0.653. The number of benzene rings is 1. The van der Waals surface area contributed by atoms with Crippen molar-refractivity contribution in [2.45, 2.75) is 19.8 Å². The Labute approximate surface area is 106 Å². The summed E-state index contributed by atoms with van der Waals surface area (Å²) in [6, 6.07) is 8.12. The van der Waals surface area contributed by atoms with Gasteiger partial charge in [-0.15, -0.1) is 15.0 Å². The summed E-state index contributed by atoms with van der Waals surface area (Å²) in [5.74, 6) is 1.49. The van der Waals surface area contributed by atoms with Gasteiger partial charge in [-0.1, -0.05) is 12.1 Å². The summed E-state index contributed by atoms with van der Waals surface area (Å²) < 4.78 is 0. The van der Waals surface area contributed by atoms with E-state index in [1.54, 1.807) is 4.80 Å². The van der Waals surface area contributed by atoms with Gasteiger partial charge in [-0.2, -0.15) is 0 Å². The van der Waals surface area contributed by atoms with E-state index in [2.05, 4.69) is 39.8 Å². The molecule has 2 heterocycles. The molecule has 1 fully saturated rings. The lowest BCUT2D eigenvalue weighted by Gasteiger charge is -2.02. The highest BCUT2D eigenvalue weighted by Gasteiger charge is 2.17. The zero-order valence-electron chi connectivity index (χ0n) is 10.5. The van der Waals surface area contributed by atoms with Crippen LogP contribution in [0.2, 0.25) is 0 Å². The lowest BCUT2D eigenvalue weighted by Crippen LogP contribution is -2.11. The SMILES string of the molecule is Cc1cccc(-n2nnc(CC3CCNC3)n2)c1. The van der Waals surface area contributed by atoms with Gasteiger partial charge < -0.3 is 5.32 Å². The molecule has 3 rings (SSSR count). The monoisotopic (exact) mass is 243 g/mol. The van der Waals surface area contributed by atoms with Crippen LogP contribution in [0.1, 0.15) is 17.8 Å². The molecule has 18 heavy (non-hydrogen) atoms. The molecule has 2 aromatic rings. The van der Waals surface area contributed by atoms with Gasteiger partial charge in [0.05, 0.1) is 5.69 Å². The summed E-state index contributed by atoms with van der Waals surface area (Å²) in [5, 5.41) is 16.1. The highest BCUT2D eigenvalue weighted by Crippen LogP contribution is 2.13. The van der Waals surface area contributed by atoms with E-state index in [1.165, 1.54) is 12.0 Å². The van der Waals surface area contributed by atoms with E-state index in [1.807, 2.05) is 12.1 Å². The average Bonchev–Trinajstić information content (AvgIpc) is 3.01. The second-order valence-electron chi connectivity index (χ2n) is 4.90. The largest absolute Gasteiger partial charge is 0.316 e. The van der Waals surface area contributed by atoms with Crippen molar-refractivity contribution in [2.24, 2.45) is 5.92 Å². The molecular formula is C13H17N5. The van der Waals surface area contributed by atoms with Crippen LogP contribution < -0.4 is 5.32 Å². The van der Waals surface area contributed by atoms with Crippen LogP contribution in [-0.2, 0) is 6.42 Å². The van der Waals surface area contributed by atoms with E-state index in [0.717, 1.165) is 31.0 Å². The predicted octanol–water partition coefficient (Wildman–Crippen LogP) is 1.12. The summed E-state index contributed by atoms with van der Waals surface area (Å²) in [7, 11) is 0. The van der Waals surface area contributed by atoms with Gasteiger partial charge in [-0.05, 0) is 55.3 Å². The van der Waals surface area contributed by atoms with Gasteiger partial charge in [0.1, 0.15) is 0 Å². The third-order valence-electron chi connectivity index (χ3n) is 3.32. The number of aryl methyl sites for hydroxylation is 1. The zero-order chi connectivity index (χ0) is 12.4. The number of aromatic nitrogens is 4. The first-order valence-electron chi connectivity index (χ1n) is 6.38. The molecule has 1 aromatic carbocycles. The Hall–Kier alpha value is -1.75. The highest BCUT2D eigenvalue weighted by atomic mass is 15.6. The normalized spacial score (nSPS) is 19.3. The van der Waals surface area contributed by atoms with E-state index in [4.69, 9.17) is 0 Å². The van der Waals surface area contributed by atoms with E-state index >= 15 is 0 Å². The van der Waals surface area contributed by atoms with Crippen LogP contribution in [-0.4, -0.2) is 33.3 Å². The van der Waals surface area contributed by atoms with Gasteiger partial charge in [0.2, 0.25) is 0 Å². The Kier molecular flexibility index (Phi) is 3.06. The molecule has 1 aliphatic heterocycles. The maximum absolute atomic E-state index is 4.45. The number of tetrazole rings is 1.